The van der Waals surface area contributed by atoms with Crippen molar-refractivity contribution in [2.75, 3.05) is 5.32 Å². The summed E-state index contributed by atoms with van der Waals surface area (Å²) in [6, 6.07) is 16.6. The summed E-state index contributed by atoms with van der Waals surface area (Å²) in [7, 11) is 0. The smallest absolute Gasteiger partial charge is 0.250 e. The Bertz CT molecular complexity index is 1250. The molecule has 1 amide bonds. The summed E-state index contributed by atoms with van der Waals surface area (Å²) in [5.41, 5.74) is 0.132. The number of hydrogen-bond donors (Lipinski definition) is 1. The van der Waals surface area contributed by atoms with Gasteiger partial charge in [-0.25, -0.2) is 8.78 Å². The van der Waals surface area contributed by atoms with Gasteiger partial charge >= 0.3 is 0 Å². The van der Waals surface area contributed by atoms with E-state index < -0.39 is 17.2 Å². The van der Waals surface area contributed by atoms with Gasteiger partial charge in [0.05, 0.1) is 5.69 Å². The van der Waals surface area contributed by atoms with Crippen molar-refractivity contribution >= 4 is 29.0 Å². The van der Waals surface area contributed by atoms with Crippen LogP contribution in [0.5, 0.6) is 0 Å². The Morgan fingerprint density at radius 3 is 2.58 bits per heavy atom. The van der Waals surface area contributed by atoms with E-state index in [2.05, 4.69) is 5.32 Å². The highest BCUT2D eigenvalue weighted by molar-refractivity contribution is 6.31. The summed E-state index contributed by atoms with van der Waals surface area (Å²) in [5, 5.41) is 3.21. The first kappa shape index (κ1) is 22.7. The standard InChI is InChI=1S/C26H21ClF2N2O2/c1-26(12-5-13-31(26)16-18-14-20(28)9-10-22(18)29)25(33)30-23-11-8-19(27)15-21(23)24(32)17-6-3-2-4-7-17/h2-11,13-15H,12,16H2,1H3,(H,30,33)/t26-/m1/s1. The van der Waals surface area contributed by atoms with Crippen LogP contribution in [0.1, 0.15) is 34.8 Å². The van der Waals surface area contributed by atoms with Crippen molar-refractivity contribution in [3.05, 3.63) is 112 Å². The van der Waals surface area contributed by atoms with Gasteiger partial charge < -0.3 is 10.2 Å². The molecule has 0 radical (unpaired) electrons. The molecule has 7 heteroatoms. The molecule has 33 heavy (non-hydrogen) atoms. The number of ketones is 1. The van der Waals surface area contributed by atoms with E-state index >= 15 is 0 Å². The molecule has 0 aromatic heterocycles. The lowest BCUT2D eigenvalue weighted by molar-refractivity contribution is -0.125. The second kappa shape index (κ2) is 9.16. The van der Waals surface area contributed by atoms with Crippen molar-refractivity contribution in [1.29, 1.82) is 0 Å². The maximum absolute atomic E-state index is 14.2. The Labute approximate surface area is 195 Å². The van der Waals surface area contributed by atoms with Crippen LogP contribution in [-0.4, -0.2) is 22.1 Å². The number of benzene rings is 3. The molecule has 0 saturated heterocycles. The lowest BCUT2D eigenvalue weighted by atomic mass is 9.95. The summed E-state index contributed by atoms with van der Waals surface area (Å²) in [6.07, 6.45) is 3.86. The third-order valence-corrected chi connectivity index (χ3v) is 6.02. The van der Waals surface area contributed by atoms with E-state index in [0.717, 1.165) is 18.2 Å². The maximum Gasteiger partial charge on any atom is 0.250 e. The van der Waals surface area contributed by atoms with E-state index in [1.165, 1.54) is 6.07 Å². The molecule has 0 saturated carbocycles. The Morgan fingerprint density at radius 2 is 1.82 bits per heavy atom. The average molecular weight is 467 g/mol. The molecule has 3 aromatic rings. The second-order valence-corrected chi connectivity index (χ2v) is 8.50. The zero-order chi connectivity index (χ0) is 23.6. The Kier molecular flexibility index (Phi) is 6.29. The number of halogens is 3. The molecule has 1 aliphatic rings. The number of amides is 1. The van der Waals surface area contributed by atoms with Crippen LogP contribution in [0, 0.1) is 11.6 Å². The number of rotatable bonds is 6. The predicted octanol–water partition coefficient (Wildman–Crippen LogP) is 5.97. The molecule has 1 atom stereocenters. The van der Waals surface area contributed by atoms with Crippen LogP contribution >= 0.6 is 11.6 Å². The summed E-state index contributed by atoms with van der Waals surface area (Å²) >= 11 is 6.13. The third kappa shape index (κ3) is 4.66. The number of carbonyl (C=O) groups excluding carboxylic acids is 2. The van der Waals surface area contributed by atoms with Crippen molar-refractivity contribution < 1.29 is 18.4 Å². The minimum atomic E-state index is -1.06. The highest BCUT2D eigenvalue weighted by atomic mass is 35.5. The quantitative estimate of drug-likeness (QED) is 0.455. The summed E-state index contributed by atoms with van der Waals surface area (Å²) < 4.78 is 27.8. The van der Waals surface area contributed by atoms with Crippen LogP contribution in [0.25, 0.3) is 0 Å². The van der Waals surface area contributed by atoms with Gasteiger partial charge in [-0.1, -0.05) is 48.0 Å². The summed E-state index contributed by atoms with van der Waals surface area (Å²) in [4.78, 5) is 28.1. The molecule has 3 aromatic carbocycles. The number of nitrogens with one attached hydrogen (secondary N) is 1. The molecule has 0 unspecified atom stereocenters. The SMILES string of the molecule is C[C@]1(C(=O)Nc2ccc(Cl)cc2C(=O)c2ccccc2)CC=CN1Cc1cc(F)ccc1F. The van der Waals surface area contributed by atoms with Crippen LogP contribution in [0.3, 0.4) is 0 Å². The maximum atomic E-state index is 14.2. The van der Waals surface area contributed by atoms with E-state index in [9.17, 15) is 18.4 Å². The zero-order valence-electron chi connectivity index (χ0n) is 17.8. The second-order valence-electron chi connectivity index (χ2n) is 8.07. The Morgan fingerprint density at radius 1 is 1.06 bits per heavy atom. The molecule has 4 rings (SSSR count). The first-order valence-electron chi connectivity index (χ1n) is 10.4. The van der Waals surface area contributed by atoms with Gasteiger partial charge in [-0.05, 0) is 55.9 Å². The van der Waals surface area contributed by atoms with Crippen LogP contribution in [-0.2, 0) is 11.3 Å². The average Bonchev–Trinajstić information content (AvgIpc) is 3.19. The van der Waals surface area contributed by atoms with E-state index in [4.69, 9.17) is 11.6 Å². The molecule has 1 aliphatic heterocycles. The molecule has 0 spiro atoms. The van der Waals surface area contributed by atoms with Crippen LogP contribution in [0.15, 0.2) is 79.0 Å². The minimum Gasteiger partial charge on any atom is -0.359 e. The molecule has 4 nitrogen and oxygen atoms in total. The number of anilines is 1. The Balaban J connectivity index is 1.60. The molecule has 1 N–H and O–H groups in total. The predicted molar refractivity (Wildman–Crippen MR) is 124 cm³/mol. The van der Waals surface area contributed by atoms with Gasteiger partial charge in [-0.15, -0.1) is 0 Å². The van der Waals surface area contributed by atoms with Crippen molar-refractivity contribution in [2.24, 2.45) is 0 Å². The van der Waals surface area contributed by atoms with E-state index in [0.29, 0.717) is 22.7 Å². The van der Waals surface area contributed by atoms with E-state index in [1.807, 2.05) is 0 Å². The van der Waals surface area contributed by atoms with Gasteiger partial charge in [-0.3, -0.25) is 9.59 Å². The fraction of sp³-hybridized carbons (Fsp3) is 0.154. The van der Waals surface area contributed by atoms with Gasteiger partial charge in [0, 0.05) is 28.3 Å². The Hall–Kier alpha value is -3.51. The van der Waals surface area contributed by atoms with Crippen molar-refractivity contribution in [3.8, 4) is 0 Å². The number of hydrogen-bond acceptors (Lipinski definition) is 3. The van der Waals surface area contributed by atoms with Gasteiger partial charge in [-0.2, -0.15) is 0 Å². The zero-order valence-corrected chi connectivity index (χ0v) is 18.6. The number of carbonyl (C=O) groups is 2. The monoisotopic (exact) mass is 466 g/mol. The molecular formula is C26H21ClF2N2O2. The molecule has 1 heterocycles. The first-order valence-corrected chi connectivity index (χ1v) is 10.7. The van der Waals surface area contributed by atoms with E-state index in [-0.39, 0.29) is 29.4 Å². The van der Waals surface area contributed by atoms with E-state index in [1.54, 1.807) is 66.6 Å². The summed E-state index contributed by atoms with van der Waals surface area (Å²) in [6.45, 7) is 1.73. The van der Waals surface area contributed by atoms with Gasteiger partial charge in [0.15, 0.2) is 5.78 Å². The number of nitrogens with zero attached hydrogens (tertiary/aromatic N) is 1. The van der Waals surface area contributed by atoms with Gasteiger partial charge in [0.1, 0.15) is 17.2 Å². The van der Waals surface area contributed by atoms with Gasteiger partial charge in [0.2, 0.25) is 5.91 Å². The largest absolute Gasteiger partial charge is 0.359 e. The van der Waals surface area contributed by atoms with Crippen LogP contribution in [0.2, 0.25) is 5.02 Å². The normalized spacial score (nSPS) is 17.3. The topological polar surface area (TPSA) is 49.4 Å². The molecular weight excluding hydrogens is 446 g/mol. The molecule has 0 aliphatic carbocycles. The van der Waals surface area contributed by atoms with Crippen molar-refractivity contribution in [1.82, 2.24) is 4.90 Å². The third-order valence-electron chi connectivity index (χ3n) is 5.78. The summed E-state index contributed by atoms with van der Waals surface area (Å²) in [5.74, 6) is -1.76. The fourth-order valence-electron chi connectivity index (χ4n) is 3.80. The highest BCUT2D eigenvalue weighted by Gasteiger charge is 2.40. The lowest BCUT2D eigenvalue weighted by Gasteiger charge is -2.35. The van der Waals surface area contributed by atoms with Crippen molar-refractivity contribution in [3.63, 3.8) is 0 Å². The van der Waals surface area contributed by atoms with Crippen LogP contribution in [0.4, 0.5) is 14.5 Å². The highest BCUT2D eigenvalue weighted by Crippen LogP contribution is 2.32. The van der Waals surface area contributed by atoms with Crippen LogP contribution < -0.4 is 5.32 Å². The fourth-order valence-corrected chi connectivity index (χ4v) is 3.98. The van der Waals surface area contributed by atoms with Crippen molar-refractivity contribution in [2.45, 2.75) is 25.4 Å². The minimum absolute atomic E-state index is 0.0143. The van der Waals surface area contributed by atoms with Gasteiger partial charge in [0.25, 0.3) is 0 Å². The molecule has 0 bridgehead atoms. The molecule has 0 fully saturated rings. The lowest BCUT2D eigenvalue weighted by Crippen LogP contribution is -2.49. The molecule has 168 valence electrons. The first-order chi connectivity index (χ1) is 15.8.